The number of rotatable bonds is 8. The number of carbonyl (C=O) groups excluding carboxylic acids is 2. The van der Waals surface area contributed by atoms with Crippen molar-refractivity contribution in [3.05, 3.63) is 89.6 Å². The largest absolute Gasteiger partial charge is 0.490 e. The summed E-state index contributed by atoms with van der Waals surface area (Å²) >= 11 is 5.42. The third-order valence-corrected chi connectivity index (χ3v) is 5.51. The minimum atomic E-state index is -0.282. The fraction of sp³-hybridized carbons (Fsp3) is 0.148. The third-order valence-electron chi connectivity index (χ3n) is 5.23. The Hall–Kier alpha value is -4.17. The lowest BCUT2D eigenvalue weighted by atomic mass is 10.1. The van der Waals surface area contributed by atoms with E-state index in [2.05, 4.69) is 10.6 Å². The van der Waals surface area contributed by atoms with Crippen LogP contribution in [0.5, 0.6) is 11.5 Å². The van der Waals surface area contributed by atoms with Crippen LogP contribution in [0.1, 0.15) is 18.1 Å². The second-order valence-electron chi connectivity index (χ2n) is 7.76. The van der Waals surface area contributed by atoms with E-state index in [0.29, 0.717) is 34.6 Å². The van der Waals surface area contributed by atoms with Crippen molar-refractivity contribution in [3.63, 3.8) is 0 Å². The van der Waals surface area contributed by atoms with Gasteiger partial charge in [0.2, 0.25) is 0 Å². The average molecular weight is 488 g/mol. The van der Waals surface area contributed by atoms with E-state index in [-0.39, 0.29) is 18.4 Å². The summed E-state index contributed by atoms with van der Waals surface area (Å²) in [5.41, 5.74) is 3.46. The Kier molecular flexibility index (Phi) is 7.42. The number of hydrogen-bond acceptors (Lipinski definition) is 5. The van der Waals surface area contributed by atoms with Crippen LogP contribution in [0.4, 0.5) is 11.4 Å². The molecular formula is C27H25N3O4S. The van der Waals surface area contributed by atoms with Crippen LogP contribution in [0.3, 0.4) is 0 Å². The second-order valence-corrected chi connectivity index (χ2v) is 8.14. The highest BCUT2D eigenvalue weighted by Crippen LogP contribution is 2.31. The van der Waals surface area contributed by atoms with Gasteiger partial charge in [0.05, 0.1) is 12.3 Å². The van der Waals surface area contributed by atoms with Crippen molar-refractivity contribution < 1.29 is 19.1 Å². The van der Waals surface area contributed by atoms with E-state index in [1.54, 1.807) is 36.4 Å². The van der Waals surface area contributed by atoms with E-state index in [4.69, 9.17) is 21.7 Å². The third kappa shape index (κ3) is 5.67. The molecule has 0 spiro atoms. The van der Waals surface area contributed by atoms with Crippen LogP contribution in [0.15, 0.2) is 78.5 Å². The molecule has 178 valence electrons. The fourth-order valence-corrected chi connectivity index (χ4v) is 3.89. The molecule has 1 aliphatic rings. The first-order valence-electron chi connectivity index (χ1n) is 11.1. The van der Waals surface area contributed by atoms with E-state index in [0.717, 1.165) is 16.8 Å². The Balaban J connectivity index is 1.49. The molecule has 2 N–H and O–H groups in total. The minimum absolute atomic E-state index is 0.172. The molecule has 0 saturated carbocycles. The SMILES string of the molecule is CCOc1cc(/C=C2/NC(=S)N(c3ccccc3C)C2=O)ccc1OCC(=O)Nc1ccccc1. The number of carbonyl (C=O) groups is 2. The van der Waals surface area contributed by atoms with Crippen molar-refractivity contribution in [2.45, 2.75) is 13.8 Å². The maximum absolute atomic E-state index is 13.1. The van der Waals surface area contributed by atoms with Crippen molar-refractivity contribution in [1.29, 1.82) is 0 Å². The van der Waals surface area contributed by atoms with Crippen molar-refractivity contribution in [1.82, 2.24) is 5.32 Å². The van der Waals surface area contributed by atoms with Crippen molar-refractivity contribution >= 4 is 46.6 Å². The molecule has 4 rings (SSSR count). The van der Waals surface area contributed by atoms with Gasteiger partial charge < -0.3 is 20.1 Å². The van der Waals surface area contributed by atoms with Gasteiger partial charge in [0, 0.05) is 5.69 Å². The van der Waals surface area contributed by atoms with E-state index >= 15 is 0 Å². The molecule has 0 radical (unpaired) electrons. The molecule has 1 fully saturated rings. The van der Waals surface area contributed by atoms with Crippen LogP contribution in [0.2, 0.25) is 0 Å². The van der Waals surface area contributed by atoms with Gasteiger partial charge in [-0.25, -0.2) is 0 Å². The summed E-state index contributed by atoms with van der Waals surface area (Å²) in [5.74, 6) is 0.383. The van der Waals surface area contributed by atoms with Crippen molar-refractivity contribution in [2.75, 3.05) is 23.4 Å². The van der Waals surface area contributed by atoms with Crippen molar-refractivity contribution in [2.24, 2.45) is 0 Å². The van der Waals surface area contributed by atoms with Gasteiger partial charge in [-0.2, -0.15) is 0 Å². The van der Waals surface area contributed by atoms with Crippen LogP contribution in [0, 0.1) is 6.92 Å². The molecule has 7 nitrogen and oxygen atoms in total. The molecule has 3 aromatic carbocycles. The molecular weight excluding hydrogens is 462 g/mol. The van der Waals surface area contributed by atoms with Crippen LogP contribution >= 0.6 is 12.2 Å². The zero-order valence-electron chi connectivity index (χ0n) is 19.4. The lowest BCUT2D eigenvalue weighted by Gasteiger charge is -2.16. The molecule has 0 aliphatic carbocycles. The predicted octanol–water partition coefficient (Wildman–Crippen LogP) is 4.67. The number of para-hydroxylation sites is 2. The van der Waals surface area contributed by atoms with Gasteiger partial charge in [-0.1, -0.05) is 42.5 Å². The molecule has 1 aliphatic heterocycles. The number of ether oxygens (including phenoxy) is 2. The predicted molar refractivity (Wildman–Crippen MR) is 141 cm³/mol. The number of benzene rings is 3. The van der Waals surface area contributed by atoms with Gasteiger partial charge in [-0.05, 0) is 73.6 Å². The molecule has 1 saturated heterocycles. The number of anilines is 2. The van der Waals surface area contributed by atoms with E-state index in [1.807, 2.05) is 56.3 Å². The maximum Gasteiger partial charge on any atom is 0.281 e. The summed E-state index contributed by atoms with van der Waals surface area (Å²) in [6, 6.07) is 22.0. The number of aryl methyl sites for hydroxylation is 1. The summed E-state index contributed by atoms with van der Waals surface area (Å²) in [6.45, 7) is 4.03. The summed E-state index contributed by atoms with van der Waals surface area (Å²) in [7, 11) is 0. The smallest absolute Gasteiger partial charge is 0.281 e. The molecule has 1 heterocycles. The molecule has 0 bridgehead atoms. The summed E-state index contributed by atoms with van der Waals surface area (Å²) in [6.07, 6.45) is 1.71. The first-order chi connectivity index (χ1) is 17.0. The first-order valence-corrected chi connectivity index (χ1v) is 11.5. The highest BCUT2D eigenvalue weighted by atomic mass is 32.1. The quantitative estimate of drug-likeness (QED) is 0.355. The summed E-state index contributed by atoms with van der Waals surface area (Å²) in [4.78, 5) is 26.8. The number of thiocarbonyl (C=S) groups is 1. The van der Waals surface area contributed by atoms with Gasteiger partial charge in [0.25, 0.3) is 11.8 Å². The van der Waals surface area contributed by atoms with E-state index < -0.39 is 0 Å². The van der Waals surface area contributed by atoms with Crippen molar-refractivity contribution in [3.8, 4) is 11.5 Å². The van der Waals surface area contributed by atoms with Crippen LogP contribution in [-0.2, 0) is 9.59 Å². The zero-order valence-corrected chi connectivity index (χ0v) is 20.2. The molecule has 35 heavy (non-hydrogen) atoms. The Morgan fingerprint density at radius 2 is 1.77 bits per heavy atom. The normalized spacial score (nSPS) is 14.1. The maximum atomic E-state index is 13.1. The number of amides is 2. The molecule has 0 unspecified atom stereocenters. The highest BCUT2D eigenvalue weighted by molar-refractivity contribution is 7.80. The van der Waals surface area contributed by atoms with Gasteiger partial charge in [-0.3, -0.25) is 14.5 Å². The van der Waals surface area contributed by atoms with Crippen LogP contribution in [0.25, 0.3) is 6.08 Å². The fourth-order valence-electron chi connectivity index (χ4n) is 3.60. The van der Waals surface area contributed by atoms with Crippen LogP contribution in [-0.4, -0.2) is 30.1 Å². The minimum Gasteiger partial charge on any atom is -0.490 e. The second kappa shape index (κ2) is 10.8. The number of nitrogens with one attached hydrogen (secondary N) is 2. The van der Waals surface area contributed by atoms with Gasteiger partial charge in [0.1, 0.15) is 5.70 Å². The Morgan fingerprint density at radius 1 is 1.03 bits per heavy atom. The monoisotopic (exact) mass is 487 g/mol. The van der Waals surface area contributed by atoms with E-state index in [1.165, 1.54) is 4.90 Å². The van der Waals surface area contributed by atoms with Gasteiger partial charge in [-0.15, -0.1) is 0 Å². The molecule has 0 atom stereocenters. The Morgan fingerprint density at radius 3 is 2.51 bits per heavy atom. The molecule has 0 aromatic heterocycles. The van der Waals surface area contributed by atoms with E-state index in [9.17, 15) is 9.59 Å². The Bertz CT molecular complexity index is 1290. The first kappa shape index (κ1) is 24.0. The highest BCUT2D eigenvalue weighted by Gasteiger charge is 2.32. The average Bonchev–Trinajstić information content (AvgIpc) is 3.12. The van der Waals surface area contributed by atoms with Gasteiger partial charge in [0.15, 0.2) is 23.2 Å². The summed E-state index contributed by atoms with van der Waals surface area (Å²) < 4.78 is 11.4. The van der Waals surface area contributed by atoms with Gasteiger partial charge >= 0.3 is 0 Å². The topological polar surface area (TPSA) is 79.9 Å². The zero-order chi connectivity index (χ0) is 24.8. The van der Waals surface area contributed by atoms with Crippen LogP contribution < -0.4 is 25.0 Å². The standard InChI is InChI=1S/C27H25N3O4S/c1-3-33-24-16-19(13-14-23(24)34-17-25(31)28-20-10-5-4-6-11-20)15-21-26(32)30(27(35)29-21)22-12-8-7-9-18(22)2/h4-16H,3,17H2,1-2H3,(H,28,31)(H,29,35)/b21-15+. The lowest BCUT2D eigenvalue weighted by Crippen LogP contribution is -2.30. The lowest BCUT2D eigenvalue weighted by molar-refractivity contribution is -0.118. The number of nitrogens with zero attached hydrogens (tertiary/aromatic N) is 1. The molecule has 8 heteroatoms. The Labute approximate surface area is 209 Å². The molecule has 3 aromatic rings. The number of hydrogen-bond donors (Lipinski definition) is 2. The molecule has 2 amide bonds. The summed E-state index contributed by atoms with van der Waals surface area (Å²) in [5, 5.41) is 6.10.